The summed E-state index contributed by atoms with van der Waals surface area (Å²) in [4.78, 5) is 12.3. The van der Waals surface area contributed by atoms with E-state index in [0.29, 0.717) is 32.5 Å². The molecule has 1 aromatic carbocycles. The van der Waals surface area contributed by atoms with Crippen LogP contribution in [0.4, 0.5) is 0 Å². The molecule has 1 aromatic rings. The molecule has 7 heteroatoms. The Hall–Kier alpha value is -1.44. The van der Waals surface area contributed by atoms with Crippen molar-refractivity contribution in [1.82, 2.24) is 9.62 Å². The highest BCUT2D eigenvalue weighted by Gasteiger charge is 2.31. The number of amides is 1. The summed E-state index contributed by atoms with van der Waals surface area (Å²) in [6.45, 7) is 4.13. The minimum absolute atomic E-state index is 0.0170. The normalized spacial score (nSPS) is 22.4. The molecule has 0 aliphatic carbocycles. The molecule has 26 heavy (non-hydrogen) atoms. The highest BCUT2D eigenvalue weighted by atomic mass is 32.2. The van der Waals surface area contributed by atoms with E-state index < -0.39 is 10.0 Å². The predicted octanol–water partition coefficient (Wildman–Crippen LogP) is 1.83. The van der Waals surface area contributed by atoms with Crippen molar-refractivity contribution in [2.45, 2.75) is 44.5 Å². The molecule has 0 radical (unpaired) electrons. The van der Waals surface area contributed by atoms with Gasteiger partial charge >= 0.3 is 0 Å². The van der Waals surface area contributed by atoms with E-state index in [0.717, 1.165) is 30.6 Å². The fourth-order valence-corrected chi connectivity index (χ4v) is 5.11. The average Bonchev–Trinajstić information content (AvgIpc) is 3.15. The first-order valence-electron chi connectivity index (χ1n) is 9.37. The number of piperidine rings is 1. The van der Waals surface area contributed by atoms with Gasteiger partial charge in [0, 0.05) is 32.2 Å². The Morgan fingerprint density at radius 1 is 1.19 bits per heavy atom. The predicted molar refractivity (Wildman–Crippen MR) is 100 cm³/mol. The van der Waals surface area contributed by atoms with Gasteiger partial charge in [0.1, 0.15) is 0 Å². The Labute approximate surface area is 156 Å². The molecule has 1 amide bonds. The summed E-state index contributed by atoms with van der Waals surface area (Å²) in [6, 6.07) is 7.57. The van der Waals surface area contributed by atoms with E-state index in [1.807, 2.05) is 31.2 Å². The van der Waals surface area contributed by atoms with Gasteiger partial charge in [-0.05, 0) is 38.2 Å². The number of aryl methyl sites for hydroxylation is 1. The van der Waals surface area contributed by atoms with Crippen LogP contribution >= 0.6 is 0 Å². The molecule has 0 aromatic heterocycles. The number of benzene rings is 1. The van der Waals surface area contributed by atoms with Crippen LogP contribution < -0.4 is 5.32 Å². The fraction of sp³-hybridized carbons (Fsp3) is 0.632. The number of carbonyl (C=O) groups is 1. The molecule has 144 valence electrons. The fourth-order valence-electron chi connectivity index (χ4n) is 3.55. The lowest BCUT2D eigenvalue weighted by atomic mass is 9.97. The first-order valence-corrected chi connectivity index (χ1v) is 11.0. The number of hydrogen-bond donors (Lipinski definition) is 1. The lowest BCUT2D eigenvalue weighted by molar-refractivity contribution is -0.126. The Bertz CT molecular complexity index is 704. The third-order valence-electron chi connectivity index (χ3n) is 5.22. The molecule has 3 rings (SSSR count). The Balaban J connectivity index is 1.47. The highest BCUT2D eigenvalue weighted by Crippen LogP contribution is 2.22. The monoisotopic (exact) mass is 380 g/mol. The van der Waals surface area contributed by atoms with Gasteiger partial charge in [0.15, 0.2) is 0 Å². The zero-order valence-corrected chi connectivity index (χ0v) is 16.1. The van der Waals surface area contributed by atoms with E-state index >= 15 is 0 Å². The van der Waals surface area contributed by atoms with E-state index in [1.165, 1.54) is 4.31 Å². The molecule has 0 saturated carbocycles. The molecule has 6 nitrogen and oxygen atoms in total. The smallest absolute Gasteiger partial charge is 0.223 e. The summed E-state index contributed by atoms with van der Waals surface area (Å²) in [7, 11) is -3.34. The van der Waals surface area contributed by atoms with E-state index in [4.69, 9.17) is 4.74 Å². The molecule has 0 bridgehead atoms. The summed E-state index contributed by atoms with van der Waals surface area (Å²) in [5.74, 6) is -0.0679. The molecule has 2 heterocycles. The molecule has 1 atom stereocenters. The second-order valence-electron chi connectivity index (χ2n) is 7.30. The van der Waals surface area contributed by atoms with Crippen LogP contribution in [0, 0.1) is 12.8 Å². The van der Waals surface area contributed by atoms with Crippen LogP contribution in [-0.2, 0) is 25.3 Å². The van der Waals surface area contributed by atoms with Crippen molar-refractivity contribution in [3.05, 3.63) is 35.4 Å². The molecule has 2 aliphatic rings. The van der Waals surface area contributed by atoms with Crippen LogP contribution in [0.25, 0.3) is 0 Å². The van der Waals surface area contributed by atoms with Gasteiger partial charge in [0.25, 0.3) is 0 Å². The van der Waals surface area contributed by atoms with E-state index in [2.05, 4.69) is 5.32 Å². The maximum atomic E-state index is 12.6. The van der Waals surface area contributed by atoms with Crippen LogP contribution in [0.1, 0.15) is 36.8 Å². The van der Waals surface area contributed by atoms with Crippen LogP contribution in [0.5, 0.6) is 0 Å². The average molecular weight is 381 g/mol. The third kappa shape index (κ3) is 5.05. The number of nitrogens with zero attached hydrogens (tertiary/aromatic N) is 1. The third-order valence-corrected chi connectivity index (χ3v) is 7.07. The SMILES string of the molecule is Cc1ccc(CS(=O)(=O)N2CCC(C(=O)NC[C@H]3CCCO3)CC2)cc1. The van der Waals surface area contributed by atoms with E-state index in [-0.39, 0.29) is 23.7 Å². The topological polar surface area (TPSA) is 75.7 Å². The van der Waals surface area contributed by atoms with Gasteiger partial charge in [0.05, 0.1) is 11.9 Å². The molecule has 2 saturated heterocycles. The van der Waals surface area contributed by atoms with Crippen LogP contribution in [-0.4, -0.2) is 51.0 Å². The van der Waals surface area contributed by atoms with Crippen LogP contribution in [0.2, 0.25) is 0 Å². The summed E-state index contributed by atoms with van der Waals surface area (Å²) in [6.07, 6.45) is 3.33. The van der Waals surface area contributed by atoms with Crippen molar-refractivity contribution in [3.8, 4) is 0 Å². The number of sulfonamides is 1. The lowest BCUT2D eigenvalue weighted by Crippen LogP contribution is -2.44. The van der Waals surface area contributed by atoms with E-state index in [1.54, 1.807) is 0 Å². The number of hydrogen-bond acceptors (Lipinski definition) is 4. The molecular formula is C19H28N2O4S. The van der Waals surface area contributed by atoms with Crippen molar-refractivity contribution in [3.63, 3.8) is 0 Å². The zero-order chi connectivity index (χ0) is 18.6. The summed E-state index contributed by atoms with van der Waals surface area (Å²) in [5, 5.41) is 2.96. The zero-order valence-electron chi connectivity index (χ0n) is 15.3. The van der Waals surface area contributed by atoms with Crippen molar-refractivity contribution in [1.29, 1.82) is 0 Å². The number of ether oxygens (including phenoxy) is 1. The van der Waals surface area contributed by atoms with Gasteiger partial charge in [-0.15, -0.1) is 0 Å². The summed E-state index contributed by atoms with van der Waals surface area (Å²) < 4.78 is 32.3. The maximum absolute atomic E-state index is 12.6. The maximum Gasteiger partial charge on any atom is 0.223 e. The van der Waals surface area contributed by atoms with Crippen molar-refractivity contribution in [2.24, 2.45) is 5.92 Å². The first-order chi connectivity index (χ1) is 12.4. The van der Waals surface area contributed by atoms with Gasteiger partial charge in [-0.3, -0.25) is 4.79 Å². The number of carbonyl (C=O) groups excluding carboxylic acids is 1. The largest absolute Gasteiger partial charge is 0.376 e. The minimum Gasteiger partial charge on any atom is -0.376 e. The van der Waals surface area contributed by atoms with Crippen molar-refractivity contribution in [2.75, 3.05) is 26.2 Å². The van der Waals surface area contributed by atoms with Gasteiger partial charge in [0.2, 0.25) is 15.9 Å². The highest BCUT2D eigenvalue weighted by molar-refractivity contribution is 7.88. The summed E-state index contributed by atoms with van der Waals surface area (Å²) in [5.41, 5.74) is 1.91. The van der Waals surface area contributed by atoms with Crippen molar-refractivity contribution < 1.29 is 17.9 Å². The van der Waals surface area contributed by atoms with Crippen LogP contribution in [0.15, 0.2) is 24.3 Å². The molecule has 2 aliphatic heterocycles. The quantitative estimate of drug-likeness (QED) is 0.817. The second-order valence-corrected chi connectivity index (χ2v) is 9.26. The summed E-state index contributed by atoms with van der Waals surface area (Å²) >= 11 is 0. The molecule has 1 N–H and O–H groups in total. The van der Waals surface area contributed by atoms with Crippen molar-refractivity contribution >= 4 is 15.9 Å². The van der Waals surface area contributed by atoms with Gasteiger partial charge in [-0.1, -0.05) is 29.8 Å². The molecule has 0 spiro atoms. The lowest BCUT2D eigenvalue weighted by Gasteiger charge is -2.30. The Kier molecular flexibility index (Phi) is 6.32. The molecular weight excluding hydrogens is 352 g/mol. The standard InChI is InChI=1S/C19H28N2O4S/c1-15-4-6-16(7-5-15)14-26(23,24)21-10-8-17(9-11-21)19(22)20-13-18-3-2-12-25-18/h4-7,17-18H,2-3,8-14H2,1H3,(H,20,22)/t18-/m1/s1. The van der Waals surface area contributed by atoms with E-state index in [9.17, 15) is 13.2 Å². The van der Waals surface area contributed by atoms with Gasteiger partial charge in [-0.25, -0.2) is 12.7 Å². The first kappa shape index (κ1) is 19.3. The van der Waals surface area contributed by atoms with Crippen LogP contribution in [0.3, 0.4) is 0 Å². The molecule has 2 fully saturated rings. The van der Waals surface area contributed by atoms with Gasteiger partial charge in [-0.2, -0.15) is 0 Å². The molecule has 0 unspecified atom stereocenters. The minimum atomic E-state index is -3.34. The number of rotatable bonds is 6. The Morgan fingerprint density at radius 2 is 1.88 bits per heavy atom. The Morgan fingerprint density at radius 3 is 2.50 bits per heavy atom. The number of nitrogens with one attached hydrogen (secondary N) is 1. The van der Waals surface area contributed by atoms with Gasteiger partial charge < -0.3 is 10.1 Å². The second kappa shape index (κ2) is 8.50.